The van der Waals surface area contributed by atoms with Crippen molar-refractivity contribution in [3.63, 3.8) is 0 Å². The Morgan fingerprint density at radius 3 is 2.70 bits per heavy atom. The predicted molar refractivity (Wildman–Crippen MR) is 36.6 cm³/mol. The molecule has 0 saturated heterocycles. The maximum Gasteiger partial charge on any atom is 0.404 e. The summed E-state index contributed by atoms with van der Waals surface area (Å²) in [6.07, 6.45) is 0.0575. The molecule has 4 nitrogen and oxygen atoms in total. The fraction of sp³-hybridized carbons (Fsp3) is 0.833. The number of hydrogen-bond donors (Lipinski definition) is 1. The summed E-state index contributed by atoms with van der Waals surface area (Å²) in [6.45, 7) is 2.22. The third-order valence-corrected chi connectivity index (χ3v) is 1.17. The van der Waals surface area contributed by atoms with Gasteiger partial charge in [-0.25, -0.2) is 4.79 Å². The van der Waals surface area contributed by atoms with E-state index >= 15 is 0 Å². The highest BCUT2D eigenvalue weighted by atomic mass is 16.5. The highest BCUT2D eigenvalue weighted by Gasteiger charge is 1.99. The zero-order chi connectivity index (χ0) is 7.98. The standard InChI is InChI=1S/C6H13NO3/c1-5(9-2)3-4-10-6(7)8/h5H,3-4H2,1-2H3,(H2,7,8). The lowest BCUT2D eigenvalue weighted by atomic mass is 10.3. The number of methoxy groups -OCH3 is 1. The second-order valence-electron chi connectivity index (χ2n) is 2.00. The van der Waals surface area contributed by atoms with Crippen molar-refractivity contribution >= 4 is 6.09 Å². The van der Waals surface area contributed by atoms with Crippen molar-refractivity contribution in [3.05, 3.63) is 0 Å². The number of primary amides is 1. The summed E-state index contributed by atoms with van der Waals surface area (Å²) >= 11 is 0. The minimum absolute atomic E-state index is 0.111. The van der Waals surface area contributed by atoms with E-state index in [1.54, 1.807) is 7.11 Å². The maximum atomic E-state index is 10.0. The molecule has 0 saturated carbocycles. The Morgan fingerprint density at radius 1 is 1.70 bits per heavy atom. The van der Waals surface area contributed by atoms with Crippen molar-refractivity contribution in [2.75, 3.05) is 13.7 Å². The molecular formula is C6H13NO3. The first-order chi connectivity index (χ1) is 4.66. The largest absolute Gasteiger partial charge is 0.450 e. The Balaban J connectivity index is 3.11. The molecule has 0 aliphatic rings. The molecule has 0 spiro atoms. The number of amides is 1. The van der Waals surface area contributed by atoms with Crippen molar-refractivity contribution in [3.8, 4) is 0 Å². The van der Waals surface area contributed by atoms with Crippen LogP contribution in [0.2, 0.25) is 0 Å². The van der Waals surface area contributed by atoms with Crippen LogP contribution in [0.1, 0.15) is 13.3 Å². The highest BCUT2D eigenvalue weighted by Crippen LogP contribution is 1.94. The van der Waals surface area contributed by atoms with Crippen molar-refractivity contribution < 1.29 is 14.3 Å². The van der Waals surface area contributed by atoms with E-state index in [0.29, 0.717) is 13.0 Å². The van der Waals surface area contributed by atoms with Gasteiger partial charge in [0.25, 0.3) is 0 Å². The van der Waals surface area contributed by atoms with Crippen LogP contribution >= 0.6 is 0 Å². The van der Waals surface area contributed by atoms with Gasteiger partial charge in [0.15, 0.2) is 0 Å². The van der Waals surface area contributed by atoms with Gasteiger partial charge < -0.3 is 15.2 Å². The normalized spacial score (nSPS) is 12.6. The quantitative estimate of drug-likeness (QED) is 0.630. The third-order valence-electron chi connectivity index (χ3n) is 1.17. The number of hydrogen-bond acceptors (Lipinski definition) is 3. The molecule has 4 heteroatoms. The molecular weight excluding hydrogens is 134 g/mol. The minimum atomic E-state index is -0.733. The van der Waals surface area contributed by atoms with E-state index in [-0.39, 0.29) is 6.10 Å². The molecule has 0 aliphatic carbocycles. The molecule has 0 fully saturated rings. The molecule has 2 N–H and O–H groups in total. The van der Waals surface area contributed by atoms with Crippen LogP contribution in [0.15, 0.2) is 0 Å². The first kappa shape index (κ1) is 9.23. The fourth-order valence-corrected chi connectivity index (χ4v) is 0.443. The molecule has 0 aromatic rings. The van der Waals surface area contributed by atoms with Crippen LogP contribution < -0.4 is 5.73 Å². The van der Waals surface area contributed by atoms with Crippen LogP contribution in [-0.2, 0) is 9.47 Å². The molecule has 0 aliphatic heterocycles. The summed E-state index contributed by atoms with van der Waals surface area (Å²) in [6, 6.07) is 0. The number of ether oxygens (including phenoxy) is 2. The number of carbonyl (C=O) groups is 1. The van der Waals surface area contributed by atoms with Crippen LogP contribution in [0.25, 0.3) is 0 Å². The molecule has 10 heavy (non-hydrogen) atoms. The molecule has 0 aromatic carbocycles. The molecule has 0 bridgehead atoms. The zero-order valence-electron chi connectivity index (χ0n) is 6.29. The summed E-state index contributed by atoms with van der Waals surface area (Å²) in [5, 5.41) is 0. The van der Waals surface area contributed by atoms with Crippen LogP contribution in [-0.4, -0.2) is 25.9 Å². The topological polar surface area (TPSA) is 61.6 Å². The summed E-state index contributed by atoms with van der Waals surface area (Å²) in [5.74, 6) is 0. The number of carbonyl (C=O) groups excluding carboxylic acids is 1. The Bertz CT molecular complexity index is 105. The maximum absolute atomic E-state index is 10.0. The van der Waals surface area contributed by atoms with Crippen molar-refractivity contribution in [1.29, 1.82) is 0 Å². The van der Waals surface area contributed by atoms with E-state index in [2.05, 4.69) is 4.74 Å². The van der Waals surface area contributed by atoms with E-state index in [9.17, 15) is 4.79 Å². The highest BCUT2D eigenvalue weighted by molar-refractivity contribution is 5.64. The van der Waals surface area contributed by atoms with E-state index in [4.69, 9.17) is 10.5 Å². The lowest BCUT2D eigenvalue weighted by molar-refractivity contribution is 0.0825. The minimum Gasteiger partial charge on any atom is -0.450 e. The van der Waals surface area contributed by atoms with Gasteiger partial charge in [-0.15, -0.1) is 0 Å². The first-order valence-electron chi connectivity index (χ1n) is 3.12. The van der Waals surface area contributed by atoms with Gasteiger partial charge in [0.05, 0.1) is 12.7 Å². The molecule has 0 heterocycles. The van der Waals surface area contributed by atoms with Crippen molar-refractivity contribution in [2.24, 2.45) is 5.73 Å². The first-order valence-corrected chi connectivity index (χ1v) is 3.12. The summed E-state index contributed by atoms with van der Waals surface area (Å²) in [7, 11) is 1.61. The second-order valence-corrected chi connectivity index (χ2v) is 2.00. The van der Waals surface area contributed by atoms with Gasteiger partial charge in [0.2, 0.25) is 0 Å². The Kier molecular flexibility index (Phi) is 4.66. The Morgan fingerprint density at radius 2 is 2.30 bits per heavy atom. The van der Waals surface area contributed by atoms with Gasteiger partial charge in [0, 0.05) is 13.5 Å². The molecule has 0 aromatic heterocycles. The van der Waals surface area contributed by atoms with Crippen LogP contribution in [0.3, 0.4) is 0 Å². The van der Waals surface area contributed by atoms with Crippen molar-refractivity contribution in [2.45, 2.75) is 19.4 Å². The number of nitrogens with two attached hydrogens (primary N) is 1. The predicted octanol–water partition coefficient (Wildman–Crippen LogP) is 0.507. The SMILES string of the molecule is COC(C)CCOC(N)=O. The third kappa shape index (κ3) is 5.37. The number of rotatable bonds is 4. The van der Waals surface area contributed by atoms with Crippen molar-refractivity contribution in [1.82, 2.24) is 0 Å². The van der Waals surface area contributed by atoms with E-state index < -0.39 is 6.09 Å². The van der Waals surface area contributed by atoms with Gasteiger partial charge in [-0.3, -0.25) is 0 Å². The Hall–Kier alpha value is -0.770. The lowest BCUT2D eigenvalue weighted by Crippen LogP contribution is -2.16. The summed E-state index contributed by atoms with van der Waals surface area (Å²) in [5.41, 5.74) is 4.72. The van der Waals surface area contributed by atoms with Gasteiger partial charge >= 0.3 is 6.09 Å². The van der Waals surface area contributed by atoms with Gasteiger partial charge in [-0.05, 0) is 6.92 Å². The molecule has 0 radical (unpaired) electrons. The summed E-state index contributed by atoms with van der Waals surface area (Å²) < 4.78 is 9.37. The molecule has 1 atom stereocenters. The molecule has 1 amide bonds. The summed E-state index contributed by atoms with van der Waals surface area (Å²) in [4.78, 5) is 10.0. The van der Waals surface area contributed by atoms with E-state index in [1.807, 2.05) is 6.92 Å². The smallest absolute Gasteiger partial charge is 0.404 e. The molecule has 1 unspecified atom stereocenters. The van der Waals surface area contributed by atoms with Gasteiger partial charge in [-0.1, -0.05) is 0 Å². The zero-order valence-corrected chi connectivity index (χ0v) is 6.29. The average molecular weight is 147 g/mol. The van der Waals surface area contributed by atoms with E-state index in [1.165, 1.54) is 0 Å². The molecule has 60 valence electrons. The molecule has 0 rings (SSSR count). The lowest BCUT2D eigenvalue weighted by Gasteiger charge is -2.07. The van der Waals surface area contributed by atoms with Gasteiger partial charge in [-0.2, -0.15) is 0 Å². The monoisotopic (exact) mass is 147 g/mol. The fourth-order valence-electron chi connectivity index (χ4n) is 0.443. The Labute approximate surface area is 60.3 Å². The second kappa shape index (κ2) is 5.05. The van der Waals surface area contributed by atoms with Gasteiger partial charge in [0.1, 0.15) is 0 Å². The van der Waals surface area contributed by atoms with Crippen LogP contribution in [0, 0.1) is 0 Å². The average Bonchev–Trinajstić information content (AvgIpc) is 1.87. The van der Waals surface area contributed by atoms with Crippen LogP contribution in [0.4, 0.5) is 4.79 Å². The van der Waals surface area contributed by atoms with E-state index in [0.717, 1.165) is 0 Å². The van der Waals surface area contributed by atoms with Crippen LogP contribution in [0.5, 0.6) is 0 Å².